The minimum atomic E-state index is -0.255. The summed E-state index contributed by atoms with van der Waals surface area (Å²) < 4.78 is 0. The lowest BCUT2D eigenvalue weighted by molar-refractivity contribution is -0.136. The van der Waals surface area contributed by atoms with E-state index in [1.54, 1.807) is 0 Å². The van der Waals surface area contributed by atoms with Crippen molar-refractivity contribution in [2.45, 2.75) is 72.8 Å². The molecule has 0 heterocycles. The van der Waals surface area contributed by atoms with Crippen LogP contribution >= 0.6 is 0 Å². The van der Waals surface area contributed by atoms with Gasteiger partial charge in [-0.25, -0.2) is 0 Å². The topological polar surface area (TPSA) is 20.3 Å². The van der Waals surface area contributed by atoms with Crippen LogP contribution in [0, 0.1) is 17.8 Å². The van der Waals surface area contributed by atoms with E-state index in [0.717, 1.165) is 38.3 Å². The Bertz CT molecular complexity index is 298. The lowest BCUT2D eigenvalue weighted by Crippen LogP contribution is -2.54. The first kappa shape index (κ1) is 16.7. The highest BCUT2D eigenvalue weighted by atomic mass is 16.1. The van der Waals surface area contributed by atoms with Gasteiger partial charge in [0, 0.05) is 5.92 Å². The summed E-state index contributed by atoms with van der Waals surface area (Å²) in [5, 5.41) is 0. The molecule has 0 radical (unpaired) electrons. The molecule has 112 valence electrons. The Kier molecular flexibility index (Phi) is 6.04. The molecular weight excluding hydrogens is 234 g/mol. The van der Waals surface area contributed by atoms with E-state index in [-0.39, 0.29) is 11.5 Å². The second-order valence-electron chi connectivity index (χ2n) is 6.63. The number of hydrogen-bond acceptors (Lipinski definition) is 2. The molecule has 0 N–H and O–H groups in total. The summed E-state index contributed by atoms with van der Waals surface area (Å²) in [7, 11) is 0. The van der Waals surface area contributed by atoms with Crippen molar-refractivity contribution in [2.75, 3.05) is 13.1 Å². The summed E-state index contributed by atoms with van der Waals surface area (Å²) in [4.78, 5) is 15.4. The molecule has 0 amide bonds. The summed E-state index contributed by atoms with van der Waals surface area (Å²) in [6.07, 6.45) is 4.33. The zero-order valence-electron chi connectivity index (χ0n) is 13.8. The number of Topliss-reactive ketones (excluding diaryl/α,β-unsaturated/α-hetero) is 1. The average molecular weight is 267 g/mol. The molecule has 0 aromatic heterocycles. The van der Waals surface area contributed by atoms with Gasteiger partial charge in [0.05, 0.1) is 5.54 Å². The highest BCUT2D eigenvalue weighted by molar-refractivity contribution is 5.90. The SMILES string of the molecule is CCN(CC)C(C)(CC)C(=O)C1CCC(C)C(C)C1. The Hall–Kier alpha value is -0.370. The summed E-state index contributed by atoms with van der Waals surface area (Å²) >= 11 is 0. The van der Waals surface area contributed by atoms with Crippen LogP contribution in [0.1, 0.15) is 67.2 Å². The number of carbonyl (C=O) groups excluding carboxylic acids is 1. The Morgan fingerprint density at radius 1 is 1.11 bits per heavy atom. The molecule has 1 aliphatic rings. The van der Waals surface area contributed by atoms with Crippen LogP contribution in [0.5, 0.6) is 0 Å². The minimum absolute atomic E-state index is 0.255. The van der Waals surface area contributed by atoms with Crippen molar-refractivity contribution < 1.29 is 4.79 Å². The van der Waals surface area contributed by atoms with E-state index < -0.39 is 0 Å². The summed E-state index contributed by atoms with van der Waals surface area (Å²) in [6.45, 7) is 15.2. The van der Waals surface area contributed by atoms with Gasteiger partial charge in [0.25, 0.3) is 0 Å². The monoisotopic (exact) mass is 267 g/mol. The summed E-state index contributed by atoms with van der Waals surface area (Å²) in [5.74, 6) is 2.26. The molecule has 0 bridgehead atoms. The predicted octanol–water partition coefficient (Wildman–Crippen LogP) is 4.14. The van der Waals surface area contributed by atoms with Crippen LogP contribution in [0.4, 0.5) is 0 Å². The van der Waals surface area contributed by atoms with Gasteiger partial charge in [-0.3, -0.25) is 9.69 Å². The fourth-order valence-corrected chi connectivity index (χ4v) is 3.70. The van der Waals surface area contributed by atoms with Crippen molar-refractivity contribution in [3.8, 4) is 0 Å². The molecule has 1 aliphatic carbocycles. The third-order valence-corrected chi connectivity index (χ3v) is 5.65. The fourth-order valence-electron chi connectivity index (χ4n) is 3.70. The van der Waals surface area contributed by atoms with Gasteiger partial charge >= 0.3 is 0 Å². The van der Waals surface area contributed by atoms with Crippen molar-refractivity contribution in [1.82, 2.24) is 4.90 Å². The van der Waals surface area contributed by atoms with Gasteiger partial charge < -0.3 is 0 Å². The van der Waals surface area contributed by atoms with Crippen molar-refractivity contribution in [1.29, 1.82) is 0 Å². The Balaban J connectivity index is 2.84. The maximum absolute atomic E-state index is 13.0. The highest BCUT2D eigenvalue weighted by Gasteiger charge is 2.41. The Labute approximate surface area is 119 Å². The zero-order valence-corrected chi connectivity index (χ0v) is 13.8. The normalized spacial score (nSPS) is 31.2. The number of carbonyl (C=O) groups is 1. The molecule has 1 fully saturated rings. The molecule has 1 saturated carbocycles. The lowest BCUT2D eigenvalue weighted by atomic mass is 9.70. The van der Waals surface area contributed by atoms with Crippen LogP contribution in [0.15, 0.2) is 0 Å². The molecule has 0 saturated heterocycles. The first-order valence-electron chi connectivity index (χ1n) is 8.19. The van der Waals surface area contributed by atoms with Crippen LogP contribution in [0.25, 0.3) is 0 Å². The van der Waals surface area contributed by atoms with E-state index in [1.807, 2.05) is 0 Å². The number of hydrogen-bond donors (Lipinski definition) is 0. The van der Waals surface area contributed by atoms with Crippen LogP contribution in [-0.2, 0) is 4.79 Å². The van der Waals surface area contributed by atoms with E-state index in [9.17, 15) is 4.79 Å². The highest BCUT2D eigenvalue weighted by Crippen LogP contribution is 2.37. The zero-order chi connectivity index (χ0) is 14.6. The van der Waals surface area contributed by atoms with Gasteiger partial charge in [0.15, 0.2) is 5.78 Å². The largest absolute Gasteiger partial charge is 0.297 e. The minimum Gasteiger partial charge on any atom is -0.297 e. The van der Waals surface area contributed by atoms with Gasteiger partial charge in [0.1, 0.15) is 0 Å². The van der Waals surface area contributed by atoms with Crippen LogP contribution in [-0.4, -0.2) is 29.3 Å². The molecule has 1 rings (SSSR count). The molecule has 2 heteroatoms. The number of rotatable bonds is 6. The van der Waals surface area contributed by atoms with Gasteiger partial charge in [-0.05, 0) is 57.5 Å². The van der Waals surface area contributed by atoms with Crippen molar-refractivity contribution >= 4 is 5.78 Å². The fraction of sp³-hybridized carbons (Fsp3) is 0.941. The quantitative estimate of drug-likeness (QED) is 0.721. The summed E-state index contributed by atoms with van der Waals surface area (Å²) in [5.41, 5.74) is -0.255. The van der Waals surface area contributed by atoms with E-state index in [2.05, 4.69) is 46.4 Å². The third-order valence-electron chi connectivity index (χ3n) is 5.65. The van der Waals surface area contributed by atoms with Gasteiger partial charge in [0.2, 0.25) is 0 Å². The predicted molar refractivity (Wildman–Crippen MR) is 82.3 cm³/mol. The third kappa shape index (κ3) is 3.39. The molecule has 0 aliphatic heterocycles. The maximum Gasteiger partial charge on any atom is 0.155 e. The first-order chi connectivity index (χ1) is 8.90. The average Bonchev–Trinajstić information content (AvgIpc) is 2.42. The lowest BCUT2D eigenvalue weighted by Gasteiger charge is -2.42. The summed E-state index contributed by atoms with van der Waals surface area (Å²) in [6, 6.07) is 0. The smallest absolute Gasteiger partial charge is 0.155 e. The second kappa shape index (κ2) is 6.88. The molecule has 0 aromatic carbocycles. The molecule has 2 nitrogen and oxygen atoms in total. The van der Waals surface area contributed by atoms with E-state index in [1.165, 1.54) is 6.42 Å². The van der Waals surface area contributed by atoms with Crippen LogP contribution in [0.3, 0.4) is 0 Å². The molecule has 4 atom stereocenters. The first-order valence-corrected chi connectivity index (χ1v) is 8.19. The molecule has 19 heavy (non-hydrogen) atoms. The number of ketones is 1. The van der Waals surface area contributed by atoms with Crippen molar-refractivity contribution in [3.63, 3.8) is 0 Å². The van der Waals surface area contributed by atoms with E-state index >= 15 is 0 Å². The van der Waals surface area contributed by atoms with Crippen molar-refractivity contribution in [3.05, 3.63) is 0 Å². The van der Waals surface area contributed by atoms with Gasteiger partial charge in [-0.1, -0.05) is 34.6 Å². The Morgan fingerprint density at radius 3 is 2.11 bits per heavy atom. The second-order valence-corrected chi connectivity index (χ2v) is 6.63. The van der Waals surface area contributed by atoms with Crippen molar-refractivity contribution in [2.24, 2.45) is 17.8 Å². The number of nitrogens with zero attached hydrogens (tertiary/aromatic N) is 1. The number of likely N-dealkylation sites (N-methyl/N-ethyl adjacent to an activating group) is 1. The van der Waals surface area contributed by atoms with E-state index in [0.29, 0.717) is 11.7 Å². The van der Waals surface area contributed by atoms with Gasteiger partial charge in [-0.2, -0.15) is 0 Å². The van der Waals surface area contributed by atoms with Crippen LogP contribution in [0.2, 0.25) is 0 Å². The van der Waals surface area contributed by atoms with E-state index in [4.69, 9.17) is 0 Å². The molecule has 0 spiro atoms. The standard InChI is InChI=1S/C17H33NO/c1-7-17(6,18(8-2)9-3)16(19)15-11-10-13(4)14(5)12-15/h13-15H,7-12H2,1-6H3. The molecule has 0 aromatic rings. The molecule has 4 unspecified atom stereocenters. The Morgan fingerprint density at radius 2 is 1.68 bits per heavy atom. The van der Waals surface area contributed by atoms with Gasteiger partial charge in [-0.15, -0.1) is 0 Å². The maximum atomic E-state index is 13.0. The molecular formula is C17H33NO. The van der Waals surface area contributed by atoms with Crippen LogP contribution < -0.4 is 0 Å².